The van der Waals surface area contributed by atoms with Gasteiger partial charge in [0.1, 0.15) is 17.5 Å². The van der Waals surface area contributed by atoms with Crippen molar-refractivity contribution in [2.24, 2.45) is 5.84 Å². The zero-order valence-corrected chi connectivity index (χ0v) is 12.0. The SMILES string of the molecule is CCc1nc(NN)cc(NCCc2cccc(C)c2)n1. The highest BCUT2D eigenvalue weighted by atomic mass is 15.3. The molecule has 0 fully saturated rings. The summed E-state index contributed by atoms with van der Waals surface area (Å²) in [6, 6.07) is 10.3. The average Bonchev–Trinajstić information content (AvgIpc) is 2.47. The minimum Gasteiger partial charge on any atom is -0.370 e. The number of rotatable bonds is 6. The number of hydrazine groups is 1. The van der Waals surface area contributed by atoms with Crippen molar-refractivity contribution in [3.8, 4) is 0 Å². The molecule has 0 aliphatic rings. The molecule has 0 unspecified atom stereocenters. The summed E-state index contributed by atoms with van der Waals surface area (Å²) in [4.78, 5) is 8.69. The van der Waals surface area contributed by atoms with Crippen molar-refractivity contribution in [1.82, 2.24) is 9.97 Å². The maximum Gasteiger partial charge on any atom is 0.145 e. The minimum absolute atomic E-state index is 0.634. The van der Waals surface area contributed by atoms with Crippen LogP contribution in [-0.2, 0) is 12.8 Å². The Balaban J connectivity index is 1.96. The normalized spacial score (nSPS) is 10.3. The van der Waals surface area contributed by atoms with E-state index < -0.39 is 0 Å². The van der Waals surface area contributed by atoms with E-state index in [1.165, 1.54) is 11.1 Å². The third-order valence-electron chi connectivity index (χ3n) is 3.04. The van der Waals surface area contributed by atoms with Crippen molar-refractivity contribution in [2.75, 3.05) is 17.3 Å². The standard InChI is InChI=1S/C15H21N5/c1-3-13-18-14(10-15(19-13)20-16)17-8-7-12-6-4-5-11(2)9-12/h4-6,9-10H,3,7-8,16H2,1-2H3,(H2,17,18,19,20). The predicted octanol–water partition coefficient (Wildman–Crippen LogP) is 2.29. The molecule has 4 N–H and O–H groups in total. The topological polar surface area (TPSA) is 75.9 Å². The third kappa shape index (κ3) is 3.93. The molecule has 20 heavy (non-hydrogen) atoms. The fraction of sp³-hybridized carbons (Fsp3) is 0.333. The van der Waals surface area contributed by atoms with Crippen LogP contribution in [0.25, 0.3) is 0 Å². The van der Waals surface area contributed by atoms with Crippen molar-refractivity contribution in [3.05, 3.63) is 47.3 Å². The molecule has 2 rings (SSSR count). The van der Waals surface area contributed by atoms with Gasteiger partial charge < -0.3 is 10.7 Å². The lowest BCUT2D eigenvalue weighted by molar-refractivity contribution is 0.924. The molecular formula is C15H21N5. The molecule has 5 nitrogen and oxygen atoms in total. The van der Waals surface area contributed by atoms with Crippen molar-refractivity contribution in [3.63, 3.8) is 0 Å². The summed E-state index contributed by atoms with van der Waals surface area (Å²) in [7, 11) is 0. The predicted molar refractivity (Wildman–Crippen MR) is 82.6 cm³/mol. The van der Waals surface area contributed by atoms with E-state index in [1.807, 2.05) is 13.0 Å². The molecule has 0 radical (unpaired) electrons. The lowest BCUT2D eigenvalue weighted by Crippen LogP contribution is -2.13. The fourth-order valence-corrected chi connectivity index (χ4v) is 2.02. The van der Waals surface area contributed by atoms with Gasteiger partial charge in [0.15, 0.2) is 0 Å². The van der Waals surface area contributed by atoms with Crippen molar-refractivity contribution < 1.29 is 0 Å². The number of nitrogens with zero attached hydrogens (tertiary/aromatic N) is 2. The highest BCUT2D eigenvalue weighted by Gasteiger charge is 2.02. The van der Waals surface area contributed by atoms with Gasteiger partial charge in [-0.3, -0.25) is 0 Å². The number of nitrogens with two attached hydrogens (primary N) is 1. The van der Waals surface area contributed by atoms with Gasteiger partial charge in [-0.2, -0.15) is 0 Å². The summed E-state index contributed by atoms with van der Waals surface area (Å²) >= 11 is 0. The van der Waals surface area contributed by atoms with Crippen LogP contribution in [0.5, 0.6) is 0 Å². The molecule has 1 aromatic heterocycles. The monoisotopic (exact) mass is 271 g/mol. The number of aromatic nitrogens is 2. The van der Waals surface area contributed by atoms with E-state index in [0.717, 1.165) is 31.0 Å². The van der Waals surface area contributed by atoms with E-state index in [-0.39, 0.29) is 0 Å². The number of anilines is 2. The quantitative estimate of drug-likeness (QED) is 0.555. The van der Waals surface area contributed by atoms with Gasteiger partial charge in [0.25, 0.3) is 0 Å². The summed E-state index contributed by atoms with van der Waals surface area (Å²) in [5.74, 6) is 7.62. The summed E-state index contributed by atoms with van der Waals surface area (Å²) in [6.07, 6.45) is 1.74. The number of hydrogen-bond acceptors (Lipinski definition) is 5. The Kier molecular flexibility index (Phi) is 4.90. The Morgan fingerprint density at radius 1 is 1.15 bits per heavy atom. The first-order valence-electron chi connectivity index (χ1n) is 6.85. The van der Waals surface area contributed by atoms with Gasteiger partial charge in [-0.15, -0.1) is 0 Å². The maximum absolute atomic E-state index is 5.41. The molecule has 106 valence electrons. The van der Waals surface area contributed by atoms with Crippen molar-refractivity contribution in [1.29, 1.82) is 0 Å². The number of nitrogens with one attached hydrogen (secondary N) is 2. The molecule has 1 aromatic carbocycles. The van der Waals surface area contributed by atoms with Gasteiger partial charge in [-0.25, -0.2) is 15.8 Å². The fourth-order valence-electron chi connectivity index (χ4n) is 2.02. The Morgan fingerprint density at radius 2 is 1.95 bits per heavy atom. The van der Waals surface area contributed by atoms with Crippen LogP contribution in [0.15, 0.2) is 30.3 Å². The summed E-state index contributed by atoms with van der Waals surface area (Å²) in [6.45, 7) is 4.95. The van der Waals surface area contributed by atoms with Crippen LogP contribution in [0.4, 0.5) is 11.6 Å². The molecule has 0 atom stereocenters. The number of hydrogen-bond donors (Lipinski definition) is 3. The molecule has 1 heterocycles. The summed E-state index contributed by atoms with van der Waals surface area (Å²) in [5.41, 5.74) is 5.17. The van der Waals surface area contributed by atoms with Crippen LogP contribution in [0.1, 0.15) is 23.9 Å². The highest BCUT2D eigenvalue weighted by molar-refractivity contribution is 5.47. The van der Waals surface area contributed by atoms with Crippen molar-refractivity contribution in [2.45, 2.75) is 26.7 Å². The molecule has 0 saturated carbocycles. The molecule has 2 aromatic rings. The molecule has 0 aliphatic heterocycles. The second kappa shape index (κ2) is 6.86. The van der Waals surface area contributed by atoms with Crippen LogP contribution in [0.3, 0.4) is 0 Å². The van der Waals surface area contributed by atoms with Crippen LogP contribution in [0.2, 0.25) is 0 Å². The molecule has 5 heteroatoms. The number of aryl methyl sites for hydroxylation is 2. The van der Waals surface area contributed by atoms with E-state index in [9.17, 15) is 0 Å². The summed E-state index contributed by atoms with van der Waals surface area (Å²) < 4.78 is 0. The zero-order chi connectivity index (χ0) is 14.4. The van der Waals surface area contributed by atoms with Crippen LogP contribution < -0.4 is 16.6 Å². The van der Waals surface area contributed by atoms with Gasteiger partial charge in [0.05, 0.1) is 0 Å². The highest BCUT2D eigenvalue weighted by Crippen LogP contribution is 2.11. The van der Waals surface area contributed by atoms with Gasteiger partial charge in [-0.05, 0) is 18.9 Å². The molecule has 0 spiro atoms. The Morgan fingerprint density at radius 3 is 2.65 bits per heavy atom. The number of nitrogen functional groups attached to an aromatic ring is 1. The van der Waals surface area contributed by atoms with Gasteiger partial charge in [0.2, 0.25) is 0 Å². The molecule has 0 saturated heterocycles. The molecule has 0 bridgehead atoms. The number of benzene rings is 1. The van der Waals surface area contributed by atoms with Crippen molar-refractivity contribution >= 4 is 11.6 Å². The van der Waals surface area contributed by atoms with E-state index in [1.54, 1.807) is 0 Å². The zero-order valence-electron chi connectivity index (χ0n) is 12.0. The first-order valence-corrected chi connectivity index (χ1v) is 6.85. The lowest BCUT2D eigenvalue weighted by atomic mass is 10.1. The molecule has 0 aliphatic carbocycles. The lowest BCUT2D eigenvalue weighted by Gasteiger charge is -2.09. The molecular weight excluding hydrogens is 250 g/mol. The largest absolute Gasteiger partial charge is 0.370 e. The Bertz CT molecular complexity index is 546. The van der Waals surface area contributed by atoms with E-state index in [2.05, 4.69) is 51.9 Å². The van der Waals surface area contributed by atoms with Gasteiger partial charge in [-0.1, -0.05) is 36.8 Å². The smallest absolute Gasteiger partial charge is 0.145 e. The third-order valence-corrected chi connectivity index (χ3v) is 3.04. The second-order valence-electron chi connectivity index (χ2n) is 4.72. The Hall–Kier alpha value is -2.14. The van der Waals surface area contributed by atoms with E-state index in [0.29, 0.717) is 5.82 Å². The second-order valence-corrected chi connectivity index (χ2v) is 4.72. The first kappa shape index (κ1) is 14.3. The van der Waals surface area contributed by atoms with Crippen LogP contribution in [0, 0.1) is 6.92 Å². The minimum atomic E-state index is 0.634. The van der Waals surface area contributed by atoms with Gasteiger partial charge in [0, 0.05) is 19.0 Å². The van der Waals surface area contributed by atoms with E-state index >= 15 is 0 Å². The Labute approximate surface area is 119 Å². The average molecular weight is 271 g/mol. The molecule has 0 amide bonds. The van der Waals surface area contributed by atoms with E-state index in [4.69, 9.17) is 5.84 Å². The summed E-state index contributed by atoms with van der Waals surface area (Å²) in [5, 5.41) is 3.32. The van der Waals surface area contributed by atoms with Gasteiger partial charge >= 0.3 is 0 Å². The van der Waals surface area contributed by atoms with Crippen LogP contribution >= 0.6 is 0 Å². The first-order chi connectivity index (χ1) is 9.71. The van der Waals surface area contributed by atoms with Crippen LogP contribution in [-0.4, -0.2) is 16.5 Å². The maximum atomic E-state index is 5.41.